The lowest BCUT2D eigenvalue weighted by Gasteiger charge is -2.69. The smallest absolute Gasteiger partial charge is 0.163 e. The molecule has 4 heteroatoms. The average Bonchev–Trinajstić information content (AvgIpc) is 2.87. The van der Waals surface area contributed by atoms with E-state index in [-0.39, 0.29) is 0 Å². The third-order valence-corrected chi connectivity index (χ3v) is 8.63. The molecule has 0 saturated carbocycles. The molecule has 7 rings (SSSR count). The van der Waals surface area contributed by atoms with Crippen LogP contribution in [-0.4, -0.2) is 46.2 Å². The Hall–Kier alpha value is -1.36. The van der Waals surface area contributed by atoms with Gasteiger partial charge in [0.25, 0.3) is 0 Å². The lowest BCUT2D eigenvalue weighted by molar-refractivity contribution is -1.01. The van der Waals surface area contributed by atoms with Crippen molar-refractivity contribution in [3.8, 4) is 0 Å². The molecule has 4 nitrogen and oxygen atoms in total. The van der Waals surface area contributed by atoms with Crippen LogP contribution in [0.1, 0.15) is 30.6 Å². The van der Waals surface area contributed by atoms with E-state index in [1.807, 2.05) is 0 Å². The van der Waals surface area contributed by atoms with Crippen molar-refractivity contribution in [3.63, 3.8) is 0 Å². The van der Waals surface area contributed by atoms with Gasteiger partial charge in [0.2, 0.25) is 0 Å². The second-order valence-electron chi connectivity index (χ2n) is 9.05. The number of quaternary nitrogens is 1. The van der Waals surface area contributed by atoms with Crippen LogP contribution in [0.2, 0.25) is 0 Å². The molecular weight excluding hydrogens is 312 g/mol. The number of hydrogen-bond donors (Lipinski definition) is 1. The second-order valence-corrected chi connectivity index (χ2v) is 9.05. The molecule has 25 heavy (non-hydrogen) atoms. The number of aryl methyl sites for hydroxylation is 1. The molecule has 2 aromatic rings. The summed E-state index contributed by atoms with van der Waals surface area (Å²) in [6.07, 6.45) is 1.79. The van der Waals surface area contributed by atoms with E-state index < -0.39 is 6.29 Å². The number of aliphatic hydroxyl groups is 1. The molecule has 8 atom stereocenters. The summed E-state index contributed by atoms with van der Waals surface area (Å²) >= 11 is 0. The Balaban J connectivity index is 1.62. The average molecular weight is 339 g/mol. The van der Waals surface area contributed by atoms with Gasteiger partial charge < -0.3 is 18.9 Å². The minimum absolute atomic E-state index is 0.299. The van der Waals surface area contributed by atoms with Gasteiger partial charge in [0, 0.05) is 36.7 Å². The maximum absolute atomic E-state index is 10.5. The summed E-state index contributed by atoms with van der Waals surface area (Å²) in [7, 11) is 4.72. The third-order valence-electron chi connectivity index (χ3n) is 8.63. The second kappa shape index (κ2) is 4.48. The topological polar surface area (TPSA) is 34.4 Å². The minimum Gasteiger partial charge on any atom is -0.367 e. The van der Waals surface area contributed by atoms with E-state index in [2.05, 4.69) is 49.9 Å². The number of hydrogen-bond acceptors (Lipinski definition) is 2. The Morgan fingerprint density at radius 2 is 2.04 bits per heavy atom. The standard InChI is InChI=1S/C21H27N2O2/c1-11-19-13-8-18-20-14(12-6-4-5-7-16(12)22(20)2)9-17(23(11,18)3)15(13)10-25-21(19)24/h4-7,11,13,15,17-19,21,24H,8-10H2,1-3H3/q+1/t11-,13-,15?,17?,18+,19?,21?,23?/m1/s1. The van der Waals surface area contributed by atoms with Crippen LogP contribution < -0.4 is 0 Å². The SMILES string of the molecule is C[C@@H]1C2C(O)OCC3C4Cc5c(n(C)c6ccccc56)[C@H](C[C@H]32)[N+]41C. The fraction of sp³-hybridized carbons (Fsp3) is 0.619. The molecule has 6 bridgehead atoms. The molecular formula is C21H27N2O2+. The Morgan fingerprint density at radius 1 is 1.24 bits per heavy atom. The van der Waals surface area contributed by atoms with Crippen LogP contribution in [0, 0.1) is 17.8 Å². The van der Waals surface area contributed by atoms with E-state index in [1.54, 1.807) is 11.3 Å². The molecule has 132 valence electrons. The van der Waals surface area contributed by atoms with Gasteiger partial charge >= 0.3 is 0 Å². The number of nitrogens with zero attached hydrogens (tertiary/aromatic N) is 2. The van der Waals surface area contributed by atoms with Gasteiger partial charge in [0.15, 0.2) is 6.29 Å². The highest BCUT2D eigenvalue weighted by Crippen LogP contribution is 2.62. The quantitative estimate of drug-likeness (QED) is 0.749. The maximum Gasteiger partial charge on any atom is 0.163 e. The summed E-state index contributed by atoms with van der Waals surface area (Å²) < 4.78 is 9.39. The monoisotopic (exact) mass is 339 g/mol. The van der Waals surface area contributed by atoms with Crippen molar-refractivity contribution in [2.45, 2.75) is 44.2 Å². The summed E-state index contributed by atoms with van der Waals surface area (Å²) in [5, 5.41) is 12.0. The highest BCUT2D eigenvalue weighted by atomic mass is 16.6. The molecule has 0 spiro atoms. The summed E-state index contributed by atoms with van der Waals surface area (Å²) in [4.78, 5) is 0. The number of benzene rings is 1. The largest absolute Gasteiger partial charge is 0.367 e. The summed E-state index contributed by atoms with van der Waals surface area (Å²) in [6.45, 7) is 3.10. The lowest BCUT2D eigenvalue weighted by atomic mass is 9.56. The zero-order chi connectivity index (χ0) is 17.1. The van der Waals surface area contributed by atoms with Crippen molar-refractivity contribution in [2.75, 3.05) is 13.7 Å². The lowest BCUT2D eigenvalue weighted by Crippen LogP contribution is -2.78. The first-order chi connectivity index (χ1) is 12.0. The van der Waals surface area contributed by atoms with Crippen LogP contribution in [-0.2, 0) is 18.2 Å². The van der Waals surface area contributed by atoms with E-state index in [0.29, 0.717) is 35.9 Å². The number of piperidine rings is 3. The van der Waals surface area contributed by atoms with E-state index >= 15 is 0 Å². The van der Waals surface area contributed by atoms with Gasteiger partial charge in [0.1, 0.15) is 6.04 Å². The highest BCUT2D eigenvalue weighted by Gasteiger charge is 2.69. The number of rotatable bonds is 0. The van der Waals surface area contributed by atoms with Crippen LogP contribution in [0.25, 0.3) is 10.9 Å². The number of aliphatic hydroxyl groups excluding tert-OH is 1. The van der Waals surface area contributed by atoms with Gasteiger partial charge in [-0.2, -0.15) is 0 Å². The summed E-state index contributed by atoms with van der Waals surface area (Å²) in [5.74, 6) is 1.50. The van der Waals surface area contributed by atoms with E-state index in [1.165, 1.54) is 17.3 Å². The van der Waals surface area contributed by atoms with Gasteiger partial charge in [-0.1, -0.05) is 18.2 Å². The Bertz CT molecular complexity index is 887. The zero-order valence-corrected chi connectivity index (χ0v) is 15.2. The Kier molecular flexibility index (Phi) is 2.65. The minimum atomic E-state index is -0.568. The van der Waals surface area contributed by atoms with Gasteiger partial charge in [-0.3, -0.25) is 0 Å². The van der Waals surface area contributed by atoms with Gasteiger partial charge in [-0.05, 0) is 24.5 Å². The van der Waals surface area contributed by atoms with Crippen LogP contribution in [0.15, 0.2) is 24.3 Å². The maximum atomic E-state index is 10.5. The summed E-state index contributed by atoms with van der Waals surface area (Å²) in [6, 6.07) is 10.5. The number of ether oxygens (including phenoxy) is 1. The van der Waals surface area contributed by atoms with Gasteiger partial charge in [-0.25, -0.2) is 0 Å². The Morgan fingerprint density at radius 3 is 2.88 bits per heavy atom. The first-order valence-electron chi connectivity index (χ1n) is 9.75. The van der Waals surface area contributed by atoms with E-state index in [4.69, 9.17) is 4.74 Å². The molecule has 4 saturated heterocycles. The van der Waals surface area contributed by atoms with Crippen molar-refractivity contribution >= 4 is 10.9 Å². The van der Waals surface area contributed by atoms with Crippen LogP contribution in [0.3, 0.4) is 0 Å². The molecule has 1 N–H and O–H groups in total. The molecule has 4 fully saturated rings. The van der Waals surface area contributed by atoms with Crippen molar-refractivity contribution in [1.82, 2.24) is 4.57 Å². The van der Waals surface area contributed by atoms with Crippen molar-refractivity contribution in [1.29, 1.82) is 0 Å². The summed E-state index contributed by atoms with van der Waals surface area (Å²) in [5.41, 5.74) is 4.51. The van der Waals surface area contributed by atoms with E-state index in [0.717, 1.165) is 17.5 Å². The van der Waals surface area contributed by atoms with Crippen molar-refractivity contribution in [3.05, 3.63) is 35.5 Å². The fourth-order valence-corrected chi connectivity index (χ4v) is 7.41. The fourth-order valence-electron chi connectivity index (χ4n) is 7.41. The molecule has 0 amide bonds. The molecule has 6 heterocycles. The molecule has 0 aliphatic carbocycles. The molecule has 0 radical (unpaired) electrons. The first-order valence-corrected chi connectivity index (χ1v) is 9.75. The number of likely N-dealkylation sites (N-methyl/N-ethyl adjacent to an activating group) is 1. The number of aromatic nitrogens is 1. The first kappa shape index (κ1) is 14.8. The Labute approximate surface area is 148 Å². The van der Waals surface area contributed by atoms with Crippen LogP contribution in [0.5, 0.6) is 0 Å². The predicted molar refractivity (Wildman–Crippen MR) is 95.8 cm³/mol. The highest BCUT2D eigenvalue weighted by molar-refractivity contribution is 5.86. The van der Waals surface area contributed by atoms with Crippen molar-refractivity contribution < 1.29 is 14.3 Å². The molecule has 1 aromatic heterocycles. The predicted octanol–water partition coefficient (Wildman–Crippen LogP) is 2.59. The van der Waals surface area contributed by atoms with E-state index in [9.17, 15) is 5.11 Å². The zero-order valence-electron chi connectivity index (χ0n) is 15.2. The van der Waals surface area contributed by atoms with Gasteiger partial charge in [0.05, 0.1) is 37.4 Å². The van der Waals surface area contributed by atoms with Crippen LogP contribution in [0.4, 0.5) is 0 Å². The number of fused-ring (bicyclic) bond motifs is 3. The van der Waals surface area contributed by atoms with Crippen LogP contribution >= 0.6 is 0 Å². The van der Waals surface area contributed by atoms with Crippen molar-refractivity contribution in [2.24, 2.45) is 24.8 Å². The molecule has 5 aliphatic rings. The number of para-hydroxylation sites is 1. The molecule has 5 unspecified atom stereocenters. The third kappa shape index (κ3) is 1.48. The van der Waals surface area contributed by atoms with Gasteiger partial charge in [-0.15, -0.1) is 0 Å². The molecule has 5 aliphatic heterocycles. The normalized spacial score (nSPS) is 47.1. The molecule has 1 aromatic carbocycles.